The summed E-state index contributed by atoms with van der Waals surface area (Å²) in [4.78, 5) is 17.3. The minimum atomic E-state index is -0.304. The van der Waals surface area contributed by atoms with Crippen LogP contribution in [0.2, 0.25) is 0 Å². The van der Waals surface area contributed by atoms with E-state index in [-0.39, 0.29) is 31.4 Å². The predicted octanol–water partition coefficient (Wildman–Crippen LogP) is -0.510. The molecule has 0 spiro atoms. The molecule has 1 aromatic rings. The Hall–Kier alpha value is -1.90. The lowest BCUT2D eigenvalue weighted by molar-refractivity contribution is 0.0761. The highest BCUT2D eigenvalue weighted by Gasteiger charge is 2.15. The van der Waals surface area contributed by atoms with Crippen LogP contribution in [0.3, 0.4) is 0 Å². The van der Waals surface area contributed by atoms with Crippen molar-refractivity contribution < 1.29 is 15.0 Å². The Bertz CT molecular complexity index is 449. The Balaban J connectivity index is 3.00. The molecule has 5 heteroatoms. The number of likely N-dealkylation sites (N-methyl/N-ethyl adjacent to an activating group) is 1. The molecule has 0 saturated carbocycles. The first-order chi connectivity index (χ1) is 8.20. The van der Waals surface area contributed by atoms with Crippen LogP contribution in [0.4, 0.5) is 0 Å². The van der Waals surface area contributed by atoms with Gasteiger partial charge >= 0.3 is 0 Å². The molecule has 17 heavy (non-hydrogen) atoms. The number of amides is 1. The molecule has 0 aliphatic rings. The molecule has 2 N–H and O–H groups in total. The van der Waals surface area contributed by atoms with Gasteiger partial charge in [-0.2, -0.15) is 0 Å². The highest BCUT2D eigenvalue weighted by atomic mass is 16.3. The summed E-state index contributed by atoms with van der Waals surface area (Å²) in [5, 5.41) is 17.4. The summed E-state index contributed by atoms with van der Waals surface area (Å²) < 4.78 is 0. The van der Waals surface area contributed by atoms with Gasteiger partial charge in [-0.15, -0.1) is 0 Å². The Morgan fingerprint density at radius 3 is 2.94 bits per heavy atom. The van der Waals surface area contributed by atoms with E-state index in [4.69, 9.17) is 10.2 Å². The lowest BCUT2D eigenvalue weighted by atomic mass is 10.2. The molecule has 0 atom stereocenters. The highest BCUT2D eigenvalue weighted by Crippen LogP contribution is 2.06. The summed E-state index contributed by atoms with van der Waals surface area (Å²) in [7, 11) is 1.58. The number of carbonyl (C=O) groups is 1. The van der Waals surface area contributed by atoms with E-state index >= 15 is 0 Å². The molecule has 90 valence electrons. The number of hydrogen-bond acceptors (Lipinski definition) is 4. The second kappa shape index (κ2) is 6.63. The minimum absolute atomic E-state index is 0.104. The van der Waals surface area contributed by atoms with Gasteiger partial charge in [-0.05, 0) is 12.1 Å². The smallest absolute Gasteiger partial charge is 0.273 e. The molecule has 0 unspecified atom stereocenters. The second-order valence-electron chi connectivity index (χ2n) is 3.31. The van der Waals surface area contributed by atoms with Gasteiger partial charge in [0.1, 0.15) is 12.3 Å². The third kappa shape index (κ3) is 3.55. The Labute approximate surface area is 99.7 Å². The Kier molecular flexibility index (Phi) is 5.14. The van der Waals surface area contributed by atoms with Crippen LogP contribution in [0.5, 0.6) is 0 Å². The summed E-state index contributed by atoms with van der Waals surface area (Å²) in [5.74, 6) is 4.84. The van der Waals surface area contributed by atoms with E-state index in [2.05, 4.69) is 16.8 Å². The van der Waals surface area contributed by atoms with Gasteiger partial charge in [0, 0.05) is 19.8 Å². The molecule has 1 heterocycles. The molecule has 1 rings (SSSR count). The summed E-state index contributed by atoms with van der Waals surface area (Å²) in [6, 6.07) is 3.33. The maximum atomic E-state index is 11.9. The van der Waals surface area contributed by atoms with E-state index in [0.29, 0.717) is 5.56 Å². The van der Waals surface area contributed by atoms with Crippen molar-refractivity contribution >= 4 is 5.91 Å². The molecule has 0 aromatic carbocycles. The van der Waals surface area contributed by atoms with Crippen molar-refractivity contribution in [3.8, 4) is 11.8 Å². The number of hydrogen-bond donors (Lipinski definition) is 2. The predicted molar refractivity (Wildman–Crippen MR) is 62.2 cm³/mol. The average Bonchev–Trinajstić information content (AvgIpc) is 2.36. The van der Waals surface area contributed by atoms with Crippen LogP contribution in [0.1, 0.15) is 16.1 Å². The molecule has 5 nitrogen and oxygen atoms in total. The number of rotatable bonds is 3. The van der Waals surface area contributed by atoms with Crippen molar-refractivity contribution in [3.05, 3.63) is 29.6 Å². The largest absolute Gasteiger partial charge is 0.395 e. The zero-order valence-electron chi connectivity index (χ0n) is 9.55. The van der Waals surface area contributed by atoms with Gasteiger partial charge < -0.3 is 15.1 Å². The fourth-order valence-electron chi connectivity index (χ4n) is 1.24. The summed E-state index contributed by atoms with van der Waals surface area (Å²) >= 11 is 0. The third-order valence-corrected chi connectivity index (χ3v) is 2.09. The number of nitrogens with zero attached hydrogens (tertiary/aromatic N) is 2. The Morgan fingerprint density at radius 1 is 1.53 bits per heavy atom. The van der Waals surface area contributed by atoms with E-state index in [1.807, 2.05) is 0 Å². The van der Waals surface area contributed by atoms with Crippen molar-refractivity contribution in [2.75, 3.05) is 26.8 Å². The number of aliphatic hydroxyl groups excluding tert-OH is 2. The molecule has 0 aliphatic heterocycles. The number of aliphatic hydroxyl groups is 2. The molecule has 0 aliphatic carbocycles. The number of pyridine rings is 1. The first kappa shape index (κ1) is 13.2. The first-order valence-electron chi connectivity index (χ1n) is 5.11. The molecule has 1 amide bonds. The van der Waals surface area contributed by atoms with Gasteiger partial charge in [-0.1, -0.05) is 11.8 Å². The average molecular weight is 234 g/mol. The van der Waals surface area contributed by atoms with Crippen LogP contribution in [0.15, 0.2) is 18.3 Å². The molecule has 0 radical (unpaired) electrons. The van der Waals surface area contributed by atoms with Gasteiger partial charge in [-0.3, -0.25) is 4.79 Å². The number of aromatic nitrogens is 1. The quantitative estimate of drug-likeness (QED) is 0.691. The van der Waals surface area contributed by atoms with Crippen LogP contribution < -0.4 is 0 Å². The zero-order chi connectivity index (χ0) is 12.7. The summed E-state index contributed by atoms with van der Waals surface area (Å²) in [6.45, 7) is -0.135. The molecular weight excluding hydrogens is 220 g/mol. The highest BCUT2D eigenvalue weighted by molar-refractivity contribution is 5.94. The van der Waals surface area contributed by atoms with Crippen LogP contribution in [0.25, 0.3) is 0 Å². The third-order valence-electron chi connectivity index (χ3n) is 2.09. The van der Waals surface area contributed by atoms with Gasteiger partial charge in [0.25, 0.3) is 5.91 Å². The van der Waals surface area contributed by atoms with E-state index in [1.54, 1.807) is 19.2 Å². The molecule has 0 fully saturated rings. The monoisotopic (exact) mass is 234 g/mol. The minimum Gasteiger partial charge on any atom is -0.395 e. The fraction of sp³-hybridized carbons (Fsp3) is 0.333. The maximum absolute atomic E-state index is 11.9. The summed E-state index contributed by atoms with van der Waals surface area (Å²) in [5.41, 5.74) is 0.695. The van der Waals surface area contributed by atoms with Crippen molar-refractivity contribution in [1.29, 1.82) is 0 Å². The molecule has 0 bridgehead atoms. The zero-order valence-corrected chi connectivity index (χ0v) is 9.55. The lowest BCUT2D eigenvalue weighted by Crippen LogP contribution is -2.30. The van der Waals surface area contributed by atoms with Gasteiger partial charge in [0.2, 0.25) is 0 Å². The van der Waals surface area contributed by atoms with E-state index < -0.39 is 0 Å². The SMILES string of the molecule is CN(CCO)C(=O)c1ncccc1C#CCO. The normalized spacial score (nSPS) is 9.35. The molecule has 1 aromatic heterocycles. The Morgan fingerprint density at radius 2 is 2.29 bits per heavy atom. The van der Waals surface area contributed by atoms with E-state index in [0.717, 1.165) is 0 Å². The van der Waals surface area contributed by atoms with E-state index in [9.17, 15) is 4.79 Å². The van der Waals surface area contributed by atoms with Crippen molar-refractivity contribution in [2.24, 2.45) is 0 Å². The lowest BCUT2D eigenvalue weighted by Gasteiger charge is -2.15. The maximum Gasteiger partial charge on any atom is 0.273 e. The van der Waals surface area contributed by atoms with Crippen LogP contribution in [0, 0.1) is 11.8 Å². The van der Waals surface area contributed by atoms with Gasteiger partial charge in [0.05, 0.1) is 12.2 Å². The van der Waals surface area contributed by atoms with E-state index in [1.165, 1.54) is 11.1 Å². The molecular formula is C12H14N2O3. The van der Waals surface area contributed by atoms with Crippen molar-refractivity contribution in [1.82, 2.24) is 9.88 Å². The standard InChI is InChI=1S/C12H14N2O3/c1-14(7-9-16)12(17)11-10(5-3-8-15)4-2-6-13-11/h2,4,6,15-16H,7-9H2,1H3. The topological polar surface area (TPSA) is 73.7 Å². The van der Waals surface area contributed by atoms with Crippen LogP contribution in [-0.2, 0) is 0 Å². The van der Waals surface area contributed by atoms with Crippen LogP contribution in [-0.4, -0.2) is 52.8 Å². The van der Waals surface area contributed by atoms with Crippen molar-refractivity contribution in [3.63, 3.8) is 0 Å². The van der Waals surface area contributed by atoms with Gasteiger partial charge in [0.15, 0.2) is 0 Å². The summed E-state index contributed by atoms with van der Waals surface area (Å²) in [6.07, 6.45) is 1.50. The number of carbonyl (C=O) groups excluding carboxylic acids is 1. The van der Waals surface area contributed by atoms with Crippen LogP contribution >= 0.6 is 0 Å². The van der Waals surface area contributed by atoms with Gasteiger partial charge in [-0.25, -0.2) is 4.98 Å². The molecule has 0 saturated heterocycles. The fourth-order valence-corrected chi connectivity index (χ4v) is 1.24. The second-order valence-corrected chi connectivity index (χ2v) is 3.31. The first-order valence-corrected chi connectivity index (χ1v) is 5.11. The van der Waals surface area contributed by atoms with Crippen molar-refractivity contribution in [2.45, 2.75) is 0 Å².